The first-order chi connectivity index (χ1) is 36.0. The quantitative estimate of drug-likeness (QED) is 0.0692. The van der Waals surface area contributed by atoms with Gasteiger partial charge >= 0.3 is 23.8 Å². The normalized spacial score (nSPS) is 18.4. The summed E-state index contributed by atoms with van der Waals surface area (Å²) in [5.41, 5.74) is 4.56. The van der Waals surface area contributed by atoms with Crippen molar-refractivity contribution in [3.8, 4) is 0 Å². The Hall–Kier alpha value is -6.72. The van der Waals surface area contributed by atoms with E-state index in [4.69, 9.17) is 0 Å². The summed E-state index contributed by atoms with van der Waals surface area (Å²) in [4.78, 5) is 24.6. The molecule has 0 aliphatic carbocycles. The van der Waals surface area contributed by atoms with Crippen LogP contribution in [0.2, 0.25) is 0 Å². The Kier molecular flexibility index (Phi) is 17.4. The summed E-state index contributed by atoms with van der Waals surface area (Å²) in [6.07, 6.45) is -1.78. The Balaban J connectivity index is 0.000000221. The maximum absolute atomic E-state index is 15.3. The summed E-state index contributed by atoms with van der Waals surface area (Å²) in [6.45, 7) is 8.88. The van der Waals surface area contributed by atoms with E-state index in [9.17, 15) is 26.4 Å². The molecular formula is C60H62F4N2O8S2. The average molecular weight is 1080 g/mol. The number of hydrogen-bond donors (Lipinski definition) is 0. The largest absolute Gasteiger partial charge is 0.462 e. The molecule has 2 heterocycles. The van der Waals surface area contributed by atoms with Gasteiger partial charge in [-0.05, 0) is 96.5 Å². The van der Waals surface area contributed by atoms with Crippen LogP contribution in [0, 0.1) is 24.7 Å². The van der Waals surface area contributed by atoms with Gasteiger partial charge in [0, 0.05) is 49.9 Å². The lowest BCUT2D eigenvalue weighted by atomic mass is 9.75. The summed E-state index contributed by atoms with van der Waals surface area (Å²) in [5.74, 6) is -10.8. The van der Waals surface area contributed by atoms with Gasteiger partial charge in [0.2, 0.25) is 20.0 Å². The molecule has 0 saturated carbocycles. The van der Waals surface area contributed by atoms with Crippen molar-refractivity contribution >= 4 is 43.1 Å². The molecule has 16 heteroatoms. The molecule has 6 aromatic rings. The third-order valence-corrected chi connectivity index (χ3v) is 17.3. The Morgan fingerprint density at radius 1 is 0.474 bits per heavy atom. The number of rotatable bonds is 16. The summed E-state index contributed by atoms with van der Waals surface area (Å²) < 4.78 is 128. The van der Waals surface area contributed by atoms with Crippen molar-refractivity contribution < 1.29 is 53.5 Å². The Morgan fingerprint density at radius 3 is 0.987 bits per heavy atom. The number of sulfonamides is 2. The molecule has 6 aromatic carbocycles. The molecule has 400 valence electrons. The molecule has 8 rings (SSSR count). The molecule has 2 aliphatic rings. The maximum atomic E-state index is 15.3. The predicted molar refractivity (Wildman–Crippen MR) is 286 cm³/mol. The SMILES string of the molecule is CCOC(=O)C(F)(F)C[C@]1(C)CN(S(=O)(=O)c2ccc(C)cc2)CC1=C(c1ccccc1)c1ccccc1.CCOC(=O)C(F)(F)C[C@]1(C)CN(S(=O)(=O)c2ccc(C)cc2)CC1=C(c1ccccc1)c1ccccc1. The van der Waals surface area contributed by atoms with Crippen LogP contribution < -0.4 is 0 Å². The highest BCUT2D eigenvalue weighted by molar-refractivity contribution is 7.89. The van der Waals surface area contributed by atoms with E-state index in [1.165, 1.54) is 46.7 Å². The molecule has 0 aromatic heterocycles. The summed E-state index contributed by atoms with van der Waals surface area (Å²) in [7, 11) is -8.01. The molecule has 76 heavy (non-hydrogen) atoms. The second kappa shape index (κ2) is 23.3. The van der Waals surface area contributed by atoms with Gasteiger partial charge in [-0.1, -0.05) is 171 Å². The molecule has 2 aliphatic heterocycles. The molecule has 0 N–H and O–H groups in total. The molecule has 2 saturated heterocycles. The number of carbonyl (C=O) groups is 2. The van der Waals surface area contributed by atoms with E-state index in [1.807, 2.05) is 135 Å². The van der Waals surface area contributed by atoms with Crippen LogP contribution in [0.3, 0.4) is 0 Å². The zero-order chi connectivity index (χ0) is 55.1. The smallest absolute Gasteiger partial charge is 0.376 e. The number of hydrogen-bond acceptors (Lipinski definition) is 8. The van der Waals surface area contributed by atoms with E-state index >= 15 is 17.6 Å². The van der Waals surface area contributed by atoms with Crippen LogP contribution in [0.1, 0.15) is 73.9 Å². The van der Waals surface area contributed by atoms with Crippen LogP contribution in [-0.2, 0) is 39.1 Å². The van der Waals surface area contributed by atoms with Gasteiger partial charge in [0.15, 0.2) is 0 Å². The van der Waals surface area contributed by atoms with Crippen LogP contribution in [0.25, 0.3) is 11.1 Å². The number of esters is 2. The third-order valence-electron chi connectivity index (χ3n) is 13.7. The van der Waals surface area contributed by atoms with Crippen LogP contribution in [0.4, 0.5) is 17.6 Å². The van der Waals surface area contributed by atoms with E-state index in [-0.39, 0.29) is 49.2 Å². The van der Waals surface area contributed by atoms with E-state index in [0.29, 0.717) is 22.3 Å². The number of nitrogens with zero attached hydrogens (tertiary/aromatic N) is 2. The van der Waals surface area contributed by atoms with E-state index in [1.54, 1.807) is 38.1 Å². The monoisotopic (exact) mass is 1080 g/mol. The Morgan fingerprint density at radius 2 is 0.737 bits per heavy atom. The summed E-state index contributed by atoms with van der Waals surface area (Å²) in [5, 5.41) is 0. The standard InChI is InChI=1S/2C30H31F2NO4S/c2*1-4-37-28(34)30(31,32)20-29(3)21-33(38(35,36)25-17-15-22(2)16-18-25)19-26(29)27(23-11-7-5-8-12-23)24-13-9-6-10-14-24/h2*5-18H,4,19-21H2,1-3H3/t2*29-/m11/s1. The lowest BCUT2D eigenvalue weighted by molar-refractivity contribution is -0.175. The fourth-order valence-corrected chi connectivity index (χ4v) is 13.1. The van der Waals surface area contributed by atoms with Gasteiger partial charge in [-0.3, -0.25) is 0 Å². The van der Waals surface area contributed by atoms with Crippen molar-refractivity contribution in [2.75, 3.05) is 39.4 Å². The van der Waals surface area contributed by atoms with E-state index in [0.717, 1.165) is 33.4 Å². The van der Waals surface area contributed by atoms with Gasteiger partial charge in [0.05, 0.1) is 23.0 Å². The lowest BCUT2D eigenvalue weighted by Crippen LogP contribution is -2.39. The second-order valence-corrected chi connectivity index (χ2v) is 23.5. The fourth-order valence-electron chi connectivity index (χ4n) is 10.0. The third kappa shape index (κ3) is 12.6. The minimum Gasteiger partial charge on any atom is -0.462 e. The molecule has 0 unspecified atom stereocenters. The molecule has 0 spiro atoms. The van der Waals surface area contributed by atoms with Crippen LogP contribution >= 0.6 is 0 Å². The molecule has 0 radical (unpaired) electrons. The zero-order valence-corrected chi connectivity index (χ0v) is 44.9. The molecule has 2 fully saturated rings. The van der Waals surface area contributed by atoms with Gasteiger partial charge in [0.25, 0.3) is 0 Å². The van der Waals surface area contributed by atoms with Crippen molar-refractivity contribution in [2.24, 2.45) is 10.8 Å². The molecule has 2 atom stereocenters. The van der Waals surface area contributed by atoms with Crippen molar-refractivity contribution in [3.05, 3.63) is 214 Å². The Labute approximate surface area is 443 Å². The molecule has 10 nitrogen and oxygen atoms in total. The Bertz CT molecular complexity index is 2980. The van der Waals surface area contributed by atoms with Gasteiger partial charge < -0.3 is 9.47 Å². The van der Waals surface area contributed by atoms with Gasteiger partial charge in [-0.15, -0.1) is 0 Å². The molecular weight excluding hydrogens is 1020 g/mol. The fraction of sp³-hybridized carbons (Fsp3) is 0.300. The predicted octanol–water partition coefficient (Wildman–Crippen LogP) is 12.2. The molecule has 0 amide bonds. The van der Waals surface area contributed by atoms with E-state index < -0.39 is 67.5 Å². The topological polar surface area (TPSA) is 127 Å². The highest BCUT2D eigenvalue weighted by atomic mass is 32.2. The minimum atomic E-state index is -4.01. The highest BCUT2D eigenvalue weighted by Crippen LogP contribution is 2.51. The number of aryl methyl sites for hydroxylation is 2. The number of ether oxygens (including phenoxy) is 2. The minimum absolute atomic E-state index is 0.0878. The van der Waals surface area contributed by atoms with Crippen LogP contribution in [0.5, 0.6) is 0 Å². The van der Waals surface area contributed by atoms with Gasteiger partial charge in [-0.25, -0.2) is 26.4 Å². The number of benzene rings is 6. The van der Waals surface area contributed by atoms with Gasteiger partial charge in [-0.2, -0.15) is 26.2 Å². The number of alkyl halides is 4. The van der Waals surface area contributed by atoms with Crippen molar-refractivity contribution in [2.45, 2.75) is 76.0 Å². The first-order valence-electron chi connectivity index (χ1n) is 24.9. The maximum Gasteiger partial charge on any atom is 0.376 e. The average Bonchev–Trinajstić information content (AvgIpc) is 3.91. The molecule has 0 bridgehead atoms. The van der Waals surface area contributed by atoms with Gasteiger partial charge in [0.1, 0.15) is 0 Å². The van der Waals surface area contributed by atoms with E-state index in [2.05, 4.69) is 9.47 Å². The zero-order valence-electron chi connectivity index (χ0n) is 43.3. The lowest BCUT2D eigenvalue weighted by Gasteiger charge is -2.31. The van der Waals surface area contributed by atoms with Crippen molar-refractivity contribution in [3.63, 3.8) is 0 Å². The highest BCUT2D eigenvalue weighted by Gasteiger charge is 2.55. The summed E-state index contributed by atoms with van der Waals surface area (Å²) in [6, 6.07) is 50.0. The first kappa shape index (κ1) is 57.0. The first-order valence-corrected chi connectivity index (χ1v) is 27.8. The summed E-state index contributed by atoms with van der Waals surface area (Å²) >= 11 is 0. The van der Waals surface area contributed by atoms with Crippen LogP contribution in [-0.4, -0.2) is 88.6 Å². The number of carbonyl (C=O) groups excluding carboxylic acids is 2. The second-order valence-electron chi connectivity index (χ2n) is 19.7. The number of halogens is 4. The van der Waals surface area contributed by atoms with Crippen molar-refractivity contribution in [1.82, 2.24) is 8.61 Å². The van der Waals surface area contributed by atoms with Crippen molar-refractivity contribution in [1.29, 1.82) is 0 Å². The van der Waals surface area contributed by atoms with Crippen LogP contribution in [0.15, 0.2) is 191 Å².